The molecule has 90 valence electrons. The molecule has 1 atom stereocenters. The van der Waals surface area contributed by atoms with Crippen molar-refractivity contribution in [1.82, 2.24) is 10.2 Å². The fourth-order valence-electron chi connectivity index (χ4n) is 1.34. The largest absolute Gasteiger partial charge is 0.345 e. The molecule has 1 N–H and O–H groups in total. The minimum Gasteiger partial charge on any atom is -0.345 e. The fraction of sp³-hybridized carbons (Fsp3) is 0.583. The maximum Gasteiger partial charge on any atom is 0.236 e. The summed E-state index contributed by atoms with van der Waals surface area (Å²) in [6.45, 7) is 7.32. The maximum atomic E-state index is 11.6. The van der Waals surface area contributed by atoms with Crippen LogP contribution in [0.3, 0.4) is 0 Å². The van der Waals surface area contributed by atoms with Crippen LogP contribution in [0, 0.1) is 6.92 Å². The maximum absolute atomic E-state index is 11.6. The van der Waals surface area contributed by atoms with Gasteiger partial charge in [0, 0.05) is 29.4 Å². The van der Waals surface area contributed by atoms with Gasteiger partial charge in [0.05, 0.1) is 6.54 Å². The summed E-state index contributed by atoms with van der Waals surface area (Å²) in [6, 6.07) is 4.47. The Morgan fingerprint density at radius 1 is 1.56 bits per heavy atom. The van der Waals surface area contributed by atoms with E-state index in [-0.39, 0.29) is 11.9 Å². The van der Waals surface area contributed by atoms with Crippen molar-refractivity contribution in [1.29, 1.82) is 0 Å². The van der Waals surface area contributed by atoms with Crippen LogP contribution in [0.4, 0.5) is 0 Å². The number of nitrogens with zero attached hydrogens (tertiary/aromatic N) is 1. The van der Waals surface area contributed by atoms with Crippen LogP contribution < -0.4 is 5.32 Å². The van der Waals surface area contributed by atoms with E-state index in [1.165, 1.54) is 9.75 Å². The summed E-state index contributed by atoms with van der Waals surface area (Å²) < 4.78 is 0. The summed E-state index contributed by atoms with van der Waals surface area (Å²) in [5.74, 6) is 0.141. The lowest BCUT2D eigenvalue weighted by Gasteiger charge is -2.17. The van der Waals surface area contributed by atoms with Crippen molar-refractivity contribution < 1.29 is 4.79 Å². The van der Waals surface area contributed by atoms with Crippen molar-refractivity contribution in [3.63, 3.8) is 0 Å². The van der Waals surface area contributed by atoms with Gasteiger partial charge in [-0.15, -0.1) is 11.3 Å². The van der Waals surface area contributed by atoms with Gasteiger partial charge in [-0.1, -0.05) is 0 Å². The third-order valence-electron chi connectivity index (χ3n) is 2.65. The molecule has 16 heavy (non-hydrogen) atoms. The van der Waals surface area contributed by atoms with Crippen LogP contribution in [0.1, 0.15) is 29.6 Å². The first kappa shape index (κ1) is 13.2. The van der Waals surface area contributed by atoms with Gasteiger partial charge >= 0.3 is 0 Å². The summed E-state index contributed by atoms with van der Waals surface area (Å²) in [5.41, 5.74) is 0. The quantitative estimate of drug-likeness (QED) is 0.855. The van der Waals surface area contributed by atoms with Crippen molar-refractivity contribution in [3.05, 3.63) is 21.9 Å². The highest BCUT2D eigenvalue weighted by atomic mass is 32.1. The van der Waals surface area contributed by atoms with Gasteiger partial charge in [-0.2, -0.15) is 0 Å². The van der Waals surface area contributed by atoms with E-state index in [1.54, 1.807) is 16.2 Å². The highest BCUT2D eigenvalue weighted by Crippen LogP contribution is 2.21. The van der Waals surface area contributed by atoms with Gasteiger partial charge in [-0.05, 0) is 32.9 Å². The van der Waals surface area contributed by atoms with E-state index in [2.05, 4.69) is 31.3 Å². The lowest BCUT2D eigenvalue weighted by molar-refractivity contribution is -0.128. The lowest BCUT2D eigenvalue weighted by atomic mass is 10.2. The van der Waals surface area contributed by atoms with Crippen molar-refractivity contribution in [2.24, 2.45) is 0 Å². The molecule has 0 aliphatic carbocycles. The Morgan fingerprint density at radius 3 is 2.75 bits per heavy atom. The highest BCUT2D eigenvalue weighted by Gasteiger charge is 2.11. The second-order valence-electron chi connectivity index (χ2n) is 3.96. The van der Waals surface area contributed by atoms with Crippen molar-refractivity contribution in [2.75, 3.05) is 20.1 Å². The Morgan fingerprint density at radius 2 is 2.25 bits per heavy atom. The predicted molar refractivity (Wildman–Crippen MR) is 68.8 cm³/mol. The van der Waals surface area contributed by atoms with E-state index < -0.39 is 0 Å². The number of aryl methyl sites for hydroxylation is 1. The highest BCUT2D eigenvalue weighted by molar-refractivity contribution is 7.12. The minimum atomic E-state index is 0.141. The molecule has 0 bridgehead atoms. The molecule has 0 radical (unpaired) electrons. The van der Waals surface area contributed by atoms with Crippen molar-refractivity contribution in [2.45, 2.75) is 26.8 Å². The third-order valence-corrected chi connectivity index (χ3v) is 3.83. The summed E-state index contributed by atoms with van der Waals surface area (Å²) >= 11 is 1.77. The zero-order valence-electron chi connectivity index (χ0n) is 10.4. The fourth-order valence-corrected chi connectivity index (χ4v) is 2.24. The molecular formula is C12H20N2OS. The average molecular weight is 240 g/mol. The van der Waals surface area contributed by atoms with Crippen molar-refractivity contribution in [3.8, 4) is 0 Å². The Hall–Kier alpha value is -0.870. The van der Waals surface area contributed by atoms with E-state index in [0.717, 1.165) is 6.54 Å². The normalized spacial score (nSPS) is 12.5. The predicted octanol–water partition coefficient (Wildman–Crippen LogP) is 2.19. The van der Waals surface area contributed by atoms with Gasteiger partial charge in [0.25, 0.3) is 0 Å². The van der Waals surface area contributed by atoms with Gasteiger partial charge < -0.3 is 10.2 Å². The second-order valence-corrected chi connectivity index (χ2v) is 5.28. The summed E-state index contributed by atoms with van der Waals surface area (Å²) in [4.78, 5) is 15.9. The van der Waals surface area contributed by atoms with E-state index in [0.29, 0.717) is 6.54 Å². The summed E-state index contributed by atoms with van der Waals surface area (Å²) in [5, 5.41) is 3.25. The zero-order chi connectivity index (χ0) is 12.1. The monoisotopic (exact) mass is 240 g/mol. The second kappa shape index (κ2) is 6.01. The first-order chi connectivity index (χ1) is 7.54. The molecule has 0 aromatic carbocycles. The van der Waals surface area contributed by atoms with Crippen LogP contribution in [0.5, 0.6) is 0 Å². The molecule has 0 saturated carbocycles. The molecule has 0 saturated heterocycles. The summed E-state index contributed by atoms with van der Waals surface area (Å²) in [7, 11) is 1.82. The molecule has 1 aromatic heterocycles. The summed E-state index contributed by atoms with van der Waals surface area (Å²) in [6.07, 6.45) is 0. The molecule has 0 aliphatic heterocycles. The number of amides is 1. The molecule has 1 rings (SSSR count). The molecule has 4 heteroatoms. The molecular weight excluding hydrogens is 220 g/mol. The van der Waals surface area contributed by atoms with Crippen molar-refractivity contribution >= 4 is 17.2 Å². The number of nitrogens with one attached hydrogen (secondary N) is 1. The molecule has 0 aliphatic rings. The first-order valence-electron chi connectivity index (χ1n) is 5.58. The molecule has 0 spiro atoms. The Labute approximate surface area is 101 Å². The van der Waals surface area contributed by atoms with Gasteiger partial charge in [0.1, 0.15) is 0 Å². The molecule has 1 heterocycles. The Kier molecular flexibility index (Phi) is 4.96. The number of thiophene rings is 1. The third kappa shape index (κ3) is 3.61. The van der Waals surface area contributed by atoms with Gasteiger partial charge in [0.2, 0.25) is 5.91 Å². The topological polar surface area (TPSA) is 32.3 Å². The SMILES string of the molecule is CCN(C)C(=O)CNC(C)c1ccc(C)s1. The average Bonchev–Trinajstić information content (AvgIpc) is 2.71. The van der Waals surface area contributed by atoms with Crippen LogP contribution in [0.15, 0.2) is 12.1 Å². The van der Waals surface area contributed by atoms with E-state index >= 15 is 0 Å². The van der Waals surface area contributed by atoms with Crippen LogP contribution in [-0.4, -0.2) is 30.9 Å². The van der Waals surface area contributed by atoms with Crippen LogP contribution in [-0.2, 0) is 4.79 Å². The number of hydrogen-bond donors (Lipinski definition) is 1. The van der Waals surface area contributed by atoms with Gasteiger partial charge in [-0.3, -0.25) is 4.79 Å². The first-order valence-corrected chi connectivity index (χ1v) is 6.40. The lowest BCUT2D eigenvalue weighted by Crippen LogP contribution is -2.36. The van der Waals surface area contributed by atoms with E-state index in [4.69, 9.17) is 0 Å². The van der Waals surface area contributed by atoms with E-state index in [9.17, 15) is 4.79 Å². The molecule has 3 nitrogen and oxygen atoms in total. The number of carbonyl (C=O) groups is 1. The number of likely N-dealkylation sites (N-methyl/N-ethyl adjacent to an activating group) is 1. The van der Waals surface area contributed by atoms with Crippen LogP contribution in [0.2, 0.25) is 0 Å². The molecule has 0 fully saturated rings. The minimum absolute atomic E-state index is 0.141. The Bertz CT molecular complexity index is 349. The molecule has 1 amide bonds. The standard InChI is InChI=1S/C12H20N2OS/c1-5-14(4)12(15)8-13-10(3)11-7-6-9(2)16-11/h6-7,10,13H,5,8H2,1-4H3. The Balaban J connectivity index is 2.41. The number of rotatable bonds is 5. The van der Waals surface area contributed by atoms with Crippen LogP contribution in [0.25, 0.3) is 0 Å². The smallest absolute Gasteiger partial charge is 0.236 e. The molecule has 1 unspecified atom stereocenters. The van der Waals surface area contributed by atoms with E-state index in [1.807, 2.05) is 14.0 Å². The molecule has 1 aromatic rings. The van der Waals surface area contributed by atoms with Crippen LogP contribution >= 0.6 is 11.3 Å². The number of carbonyl (C=O) groups excluding carboxylic acids is 1. The van der Waals surface area contributed by atoms with Gasteiger partial charge in [-0.25, -0.2) is 0 Å². The zero-order valence-corrected chi connectivity index (χ0v) is 11.2. The number of hydrogen-bond acceptors (Lipinski definition) is 3. The van der Waals surface area contributed by atoms with Gasteiger partial charge in [0.15, 0.2) is 0 Å².